The van der Waals surface area contributed by atoms with E-state index in [0.29, 0.717) is 6.61 Å². The van der Waals surface area contributed by atoms with Crippen molar-refractivity contribution >= 4 is 18.6 Å². The summed E-state index contributed by atoms with van der Waals surface area (Å²) in [6, 6.07) is 0. The molecule has 6 heavy (non-hydrogen) atoms. The monoisotopic (exact) mass is 103 g/mol. The van der Waals surface area contributed by atoms with E-state index < -0.39 is 0 Å². The molecule has 0 unspecified atom stereocenters. The lowest BCUT2D eigenvalue weighted by molar-refractivity contribution is -0.757. The smallest absolute Gasteiger partial charge is 0.226 e. The summed E-state index contributed by atoms with van der Waals surface area (Å²) in [7, 11) is 0. The Hall–Kier alpha value is -0.510. The van der Waals surface area contributed by atoms with Crippen molar-refractivity contribution in [1.82, 2.24) is 0 Å². The maximum atomic E-state index is 4.58. The Kier molecular flexibility index (Phi) is 0.795. The first-order valence-corrected chi connectivity index (χ1v) is 1.89. The van der Waals surface area contributed by atoms with E-state index in [1.165, 1.54) is 0 Å². The molecule has 0 amide bonds. The van der Waals surface area contributed by atoms with E-state index in [4.69, 9.17) is 0 Å². The molecule has 0 aliphatic carbocycles. The lowest BCUT2D eigenvalue weighted by Crippen LogP contribution is -1.91. The first-order chi connectivity index (χ1) is 2.89. The molecule has 1 rings (SSSR count). The minimum atomic E-state index is 0.517. The van der Waals surface area contributed by atoms with Crippen LogP contribution < -0.4 is 0 Å². The molecular formula is C2H3N2OS+. The molecule has 0 radical (unpaired) electrons. The van der Waals surface area contributed by atoms with E-state index in [2.05, 4.69) is 22.4 Å². The van der Waals surface area contributed by atoms with E-state index in [1.54, 1.807) is 6.21 Å². The van der Waals surface area contributed by atoms with Gasteiger partial charge in [0.05, 0.1) is 5.10 Å². The summed E-state index contributed by atoms with van der Waals surface area (Å²) in [5, 5.41) is 3.54. The predicted octanol–water partition coefficient (Wildman–Crippen LogP) is -0.340. The fourth-order valence-electron chi connectivity index (χ4n) is 0.230. The first kappa shape index (κ1) is 3.67. The molecule has 1 aliphatic rings. The Labute approximate surface area is 40.3 Å². The standard InChI is InChI=1S/C2H3N2OS/c6-4-3-1-2-5-4/h1H,2H2/q+1. The molecule has 0 atom stereocenters. The van der Waals surface area contributed by atoms with Gasteiger partial charge in [-0.1, -0.05) is 0 Å². The molecule has 0 aromatic rings. The summed E-state index contributed by atoms with van der Waals surface area (Å²) in [6.45, 7) is 0.517. The third kappa shape index (κ3) is 0.514. The minimum Gasteiger partial charge on any atom is -0.226 e. The summed E-state index contributed by atoms with van der Waals surface area (Å²) in [6.07, 6.45) is 1.60. The zero-order chi connectivity index (χ0) is 4.41. The van der Waals surface area contributed by atoms with Crippen molar-refractivity contribution in [2.45, 2.75) is 0 Å². The van der Waals surface area contributed by atoms with Gasteiger partial charge in [-0.05, 0) is 0 Å². The van der Waals surface area contributed by atoms with Gasteiger partial charge in [-0.2, -0.15) is 0 Å². The van der Waals surface area contributed by atoms with Crippen LogP contribution in [-0.2, 0) is 17.3 Å². The van der Waals surface area contributed by atoms with Crippen LogP contribution in [0, 0.1) is 0 Å². The Balaban J connectivity index is 2.59. The summed E-state index contributed by atoms with van der Waals surface area (Å²) in [4.78, 5) is 4.58. The van der Waals surface area contributed by atoms with E-state index in [-0.39, 0.29) is 0 Å². The highest BCUT2D eigenvalue weighted by atomic mass is 32.1. The Bertz CT molecular complexity index is 99.7. The van der Waals surface area contributed by atoms with Gasteiger partial charge in [0.1, 0.15) is 6.21 Å². The molecule has 3 nitrogen and oxygen atoms in total. The van der Waals surface area contributed by atoms with E-state index in [0.717, 1.165) is 4.22 Å². The molecule has 0 aromatic carbocycles. The molecule has 1 aliphatic heterocycles. The van der Waals surface area contributed by atoms with Crippen LogP contribution >= 0.6 is 0 Å². The second kappa shape index (κ2) is 1.30. The number of hydrazone groups is 1. The zero-order valence-electron chi connectivity index (χ0n) is 3.00. The van der Waals surface area contributed by atoms with Crippen molar-refractivity contribution in [2.75, 3.05) is 6.61 Å². The van der Waals surface area contributed by atoms with Crippen molar-refractivity contribution < 1.29 is 9.06 Å². The topological polar surface area (TPSA) is 24.6 Å². The lowest BCUT2D eigenvalue weighted by atomic mass is 10.8. The summed E-state index contributed by atoms with van der Waals surface area (Å²) in [5.41, 5.74) is 0. The summed E-state index contributed by atoms with van der Waals surface area (Å²) >= 11 is 4.42. The van der Waals surface area contributed by atoms with Gasteiger partial charge in [0.25, 0.3) is 0 Å². The van der Waals surface area contributed by atoms with Crippen LogP contribution in [0.2, 0.25) is 0 Å². The largest absolute Gasteiger partial charge is 0.363 e. The van der Waals surface area contributed by atoms with E-state index in [1.807, 2.05) is 0 Å². The van der Waals surface area contributed by atoms with E-state index in [9.17, 15) is 0 Å². The fourth-order valence-corrected chi connectivity index (χ4v) is 0.358. The number of hydrogen-bond donors (Lipinski definition) is 0. The Morgan fingerprint density at radius 2 is 2.83 bits per heavy atom. The van der Waals surface area contributed by atoms with Gasteiger partial charge in [-0.15, -0.1) is 0 Å². The highest BCUT2D eigenvalue weighted by Crippen LogP contribution is 1.82. The third-order valence-corrected chi connectivity index (χ3v) is 0.635. The Morgan fingerprint density at radius 3 is 3.00 bits per heavy atom. The van der Waals surface area contributed by atoms with Crippen LogP contribution in [0.3, 0.4) is 0 Å². The molecule has 0 aromatic heterocycles. The van der Waals surface area contributed by atoms with Gasteiger partial charge in [-0.25, -0.2) is 4.84 Å². The predicted molar refractivity (Wildman–Crippen MR) is 22.1 cm³/mol. The highest BCUT2D eigenvalue weighted by molar-refractivity contribution is 7.44. The SMILES string of the molecule is S=[N+]1N=CCO1. The van der Waals surface area contributed by atoms with Crippen molar-refractivity contribution in [3.05, 3.63) is 0 Å². The maximum Gasteiger partial charge on any atom is 0.363 e. The van der Waals surface area contributed by atoms with Gasteiger partial charge >= 0.3 is 12.4 Å². The molecule has 4 heteroatoms. The first-order valence-electron chi connectivity index (χ1n) is 1.52. The second-order valence-corrected chi connectivity index (χ2v) is 1.14. The molecule has 0 saturated heterocycles. The molecule has 32 valence electrons. The third-order valence-electron chi connectivity index (χ3n) is 0.435. The van der Waals surface area contributed by atoms with Crippen LogP contribution in [-0.4, -0.2) is 17.0 Å². The van der Waals surface area contributed by atoms with Crippen molar-refractivity contribution in [3.63, 3.8) is 0 Å². The van der Waals surface area contributed by atoms with Crippen LogP contribution in [0.15, 0.2) is 5.10 Å². The number of rotatable bonds is 0. The van der Waals surface area contributed by atoms with Crippen LogP contribution in [0.4, 0.5) is 0 Å². The highest BCUT2D eigenvalue weighted by Gasteiger charge is 2.05. The normalized spacial score (nSPS) is 18.3. The quantitative estimate of drug-likeness (QED) is 0.392. The lowest BCUT2D eigenvalue weighted by Gasteiger charge is -1.69. The van der Waals surface area contributed by atoms with Crippen LogP contribution in [0.25, 0.3) is 0 Å². The van der Waals surface area contributed by atoms with Gasteiger partial charge in [0.15, 0.2) is 0 Å². The molecule has 0 N–H and O–H groups in total. The number of nitrogens with zero attached hydrogens (tertiary/aromatic N) is 2. The molecule has 0 bridgehead atoms. The Morgan fingerprint density at radius 1 is 2.00 bits per heavy atom. The molecule has 1 heterocycles. The maximum absolute atomic E-state index is 4.58. The zero-order valence-corrected chi connectivity index (χ0v) is 3.81. The average Bonchev–Trinajstić information content (AvgIpc) is 1.86. The van der Waals surface area contributed by atoms with Crippen molar-refractivity contribution in [1.29, 1.82) is 0 Å². The van der Waals surface area contributed by atoms with Crippen molar-refractivity contribution in [2.24, 2.45) is 5.10 Å². The average molecular weight is 103 g/mol. The van der Waals surface area contributed by atoms with E-state index >= 15 is 0 Å². The van der Waals surface area contributed by atoms with Gasteiger partial charge in [-0.3, -0.25) is 0 Å². The molecular weight excluding hydrogens is 100 g/mol. The summed E-state index contributed by atoms with van der Waals surface area (Å²) in [5.74, 6) is 0. The molecule has 0 saturated carbocycles. The second-order valence-electron chi connectivity index (χ2n) is 0.832. The fraction of sp³-hybridized carbons (Fsp3) is 0.500. The van der Waals surface area contributed by atoms with Crippen LogP contribution in [0.5, 0.6) is 0 Å². The molecule has 0 fully saturated rings. The molecule has 0 spiro atoms. The van der Waals surface area contributed by atoms with Gasteiger partial charge < -0.3 is 0 Å². The van der Waals surface area contributed by atoms with Gasteiger partial charge in [0.2, 0.25) is 10.8 Å². The van der Waals surface area contributed by atoms with Crippen LogP contribution in [0.1, 0.15) is 0 Å². The summed E-state index contributed by atoms with van der Waals surface area (Å²) < 4.78 is 1.01. The number of hydrogen-bond acceptors (Lipinski definition) is 2. The van der Waals surface area contributed by atoms with Crippen molar-refractivity contribution in [3.8, 4) is 0 Å². The minimum absolute atomic E-state index is 0.517. The van der Waals surface area contributed by atoms with Gasteiger partial charge in [0, 0.05) is 0 Å².